The van der Waals surface area contributed by atoms with Crippen LogP contribution in [-0.2, 0) is 0 Å². The summed E-state index contributed by atoms with van der Waals surface area (Å²) in [4.78, 5) is 18.0. The highest BCUT2D eigenvalue weighted by Gasteiger charge is 2.10. The fourth-order valence-corrected chi connectivity index (χ4v) is 1.96. The van der Waals surface area contributed by atoms with Gasteiger partial charge in [-0.2, -0.15) is 9.65 Å². The van der Waals surface area contributed by atoms with Crippen LogP contribution >= 0.6 is 0 Å². The van der Waals surface area contributed by atoms with E-state index in [4.69, 9.17) is 5.26 Å². The van der Waals surface area contributed by atoms with E-state index in [0.717, 1.165) is 0 Å². The number of nitrogens with one attached hydrogen (secondary N) is 1. The minimum absolute atomic E-state index is 0.203. The van der Waals surface area contributed by atoms with E-state index in [1.165, 1.54) is 36.7 Å². The Morgan fingerprint density at radius 2 is 2.21 bits per heavy atom. The van der Waals surface area contributed by atoms with Crippen LogP contribution in [-0.4, -0.2) is 14.4 Å². The molecule has 1 N–H and O–H groups in total. The Hall–Kier alpha value is -2.94. The molecular formula is C13H7FN4O. The number of nitrogens with zero attached hydrogens (tertiary/aromatic N) is 3. The Labute approximate surface area is 106 Å². The van der Waals surface area contributed by atoms with Crippen molar-refractivity contribution in [2.45, 2.75) is 0 Å². The van der Waals surface area contributed by atoms with Crippen molar-refractivity contribution in [2.24, 2.45) is 0 Å². The molecule has 0 aromatic carbocycles. The molecule has 0 spiro atoms. The number of hydrogen-bond acceptors (Lipinski definition) is 3. The van der Waals surface area contributed by atoms with Crippen molar-refractivity contribution in [3.63, 3.8) is 0 Å². The van der Waals surface area contributed by atoms with Crippen molar-refractivity contribution in [1.82, 2.24) is 14.4 Å². The van der Waals surface area contributed by atoms with Gasteiger partial charge < -0.3 is 4.98 Å². The largest absolute Gasteiger partial charge is 0.345 e. The van der Waals surface area contributed by atoms with Crippen molar-refractivity contribution < 1.29 is 4.39 Å². The van der Waals surface area contributed by atoms with E-state index in [0.29, 0.717) is 22.6 Å². The van der Waals surface area contributed by atoms with Gasteiger partial charge in [-0.05, 0) is 12.1 Å². The number of imidazole rings is 1. The van der Waals surface area contributed by atoms with Crippen LogP contribution in [0, 0.1) is 17.3 Å². The first kappa shape index (κ1) is 11.2. The molecule has 0 aliphatic rings. The predicted molar refractivity (Wildman–Crippen MR) is 65.9 cm³/mol. The van der Waals surface area contributed by atoms with E-state index in [1.54, 1.807) is 4.40 Å². The van der Waals surface area contributed by atoms with E-state index in [9.17, 15) is 9.18 Å². The topological polar surface area (TPSA) is 73.9 Å². The molecule has 6 heteroatoms. The number of pyridine rings is 2. The maximum Gasteiger partial charge on any atom is 0.212 e. The minimum atomic E-state index is -0.599. The molecule has 92 valence electrons. The van der Waals surface area contributed by atoms with Crippen LogP contribution in [0.25, 0.3) is 16.9 Å². The summed E-state index contributed by atoms with van der Waals surface area (Å²) in [6.45, 7) is 0. The zero-order chi connectivity index (χ0) is 13.4. The number of halogens is 1. The lowest BCUT2D eigenvalue weighted by molar-refractivity contribution is 0.584. The van der Waals surface area contributed by atoms with E-state index < -0.39 is 5.95 Å². The lowest BCUT2D eigenvalue weighted by Gasteiger charge is -2.05. The monoisotopic (exact) mass is 254 g/mol. The smallest absolute Gasteiger partial charge is 0.212 e. The molecular weight excluding hydrogens is 247 g/mol. The van der Waals surface area contributed by atoms with Crippen LogP contribution in [0.4, 0.5) is 4.39 Å². The first-order chi connectivity index (χ1) is 9.19. The summed E-state index contributed by atoms with van der Waals surface area (Å²) in [6, 6.07) is 7.52. The van der Waals surface area contributed by atoms with Crippen LogP contribution < -0.4 is 5.43 Å². The molecule has 3 heterocycles. The Morgan fingerprint density at radius 1 is 1.37 bits per heavy atom. The first-order valence-corrected chi connectivity index (χ1v) is 5.45. The number of hydrogen-bond donors (Lipinski definition) is 1. The van der Waals surface area contributed by atoms with Gasteiger partial charge in [-0.1, -0.05) is 0 Å². The Bertz CT molecular complexity index is 855. The Morgan fingerprint density at radius 3 is 2.89 bits per heavy atom. The molecule has 0 saturated carbocycles. The Balaban J connectivity index is 2.39. The highest BCUT2D eigenvalue weighted by molar-refractivity contribution is 5.64. The normalized spacial score (nSPS) is 10.5. The lowest BCUT2D eigenvalue weighted by atomic mass is 10.2. The minimum Gasteiger partial charge on any atom is -0.345 e. The lowest BCUT2D eigenvalue weighted by Crippen LogP contribution is -2.04. The molecule has 3 aromatic heterocycles. The second-order valence-corrected chi connectivity index (χ2v) is 3.95. The standard InChI is InChI=1S/C13H7FN4O/c14-12-2-1-8(6-16-12)11-3-10(19)4-13-17-7-9(5-15)18(11)13/h1-4,6-7,17H. The van der Waals surface area contributed by atoms with E-state index in [1.807, 2.05) is 6.07 Å². The molecule has 3 rings (SSSR count). The third-order valence-electron chi connectivity index (χ3n) is 2.78. The quantitative estimate of drug-likeness (QED) is 0.671. The van der Waals surface area contributed by atoms with Gasteiger partial charge in [0, 0.05) is 30.1 Å². The van der Waals surface area contributed by atoms with Gasteiger partial charge in [0.15, 0.2) is 5.43 Å². The molecule has 0 atom stereocenters. The summed E-state index contributed by atoms with van der Waals surface area (Å²) in [5.74, 6) is -0.599. The molecule has 0 radical (unpaired) electrons. The SMILES string of the molecule is N#Cc1c[nH]c2cc(=O)cc(-c3ccc(F)nc3)n12. The van der Waals surface area contributed by atoms with Gasteiger partial charge in [0.05, 0.1) is 5.69 Å². The summed E-state index contributed by atoms with van der Waals surface area (Å²) in [6.07, 6.45) is 2.83. The van der Waals surface area contributed by atoms with Gasteiger partial charge in [-0.25, -0.2) is 4.98 Å². The van der Waals surface area contributed by atoms with Gasteiger partial charge in [0.2, 0.25) is 5.95 Å². The first-order valence-electron chi connectivity index (χ1n) is 5.45. The second kappa shape index (κ2) is 4.07. The van der Waals surface area contributed by atoms with Crippen LogP contribution in [0.1, 0.15) is 5.69 Å². The highest BCUT2D eigenvalue weighted by atomic mass is 19.1. The molecule has 19 heavy (non-hydrogen) atoms. The van der Waals surface area contributed by atoms with Crippen LogP contribution in [0.3, 0.4) is 0 Å². The van der Waals surface area contributed by atoms with Gasteiger partial charge >= 0.3 is 0 Å². The number of aromatic amines is 1. The summed E-state index contributed by atoms with van der Waals surface area (Å²) in [5.41, 5.74) is 1.71. The Kier molecular flexibility index (Phi) is 2.39. The molecule has 0 unspecified atom stereocenters. The fraction of sp³-hybridized carbons (Fsp3) is 0. The van der Waals surface area contributed by atoms with E-state index in [-0.39, 0.29) is 5.43 Å². The molecule has 5 nitrogen and oxygen atoms in total. The molecule has 0 amide bonds. The second-order valence-electron chi connectivity index (χ2n) is 3.95. The summed E-state index contributed by atoms with van der Waals surface area (Å²) < 4.78 is 14.4. The predicted octanol–water partition coefficient (Wildman–Crippen LogP) is 1.70. The maximum absolute atomic E-state index is 12.8. The van der Waals surface area contributed by atoms with Gasteiger partial charge in [-0.15, -0.1) is 0 Å². The van der Waals surface area contributed by atoms with Crippen LogP contribution in [0.15, 0.2) is 41.5 Å². The molecule has 0 aliphatic carbocycles. The number of fused-ring (bicyclic) bond motifs is 1. The molecule has 0 saturated heterocycles. The average molecular weight is 254 g/mol. The molecule has 0 bridgehead atoms. The van der Waals surface area contributed by atoms with Crippen molar-refractivity contribution in [2.75, 3.05) is 0 Å². The maximum atomic E-state index is 12.8. The van der Waals surface area contributed by atoms with E-state index in [2.05, 4.69) is 9.97 Å². The van der Waals surface area contributed by atoms with E-state index >= 15 is 0 Å². The van der Waals surface area contributed by atoms with Crippen molar-refractivity contribution in [3.8, 4) is 17.3 Å². The molecule has 0 aliphatic heterocycles. The summed E-state index contributed by atoms with van der Waals surface area (Å²) >= 11 is 0. The molecule has 0 fully saturated rings. The number of H-pyrrole nitrogens is 1. The van der Waals surface area contributed by atoms with Crippen LogP contribution in [0.2, 0.25) is 0 Å². The average Bonchev–Trinajstić information content (AvgIpc) is 2.81. The summed E-state index contributed by atoms with van der Waals surface area (Å²) in [5, 5.41) is 9.06. The number of aromatic nitrogens is 3. The van der Waals surface area contributed by atoms with Crippen LogP contribution in [0.5, 0.6) is 0 Å². The van der Waals surface area contributed by atoms with Crippen molar-refractivity contribution >= 4 is 5.65 Å². The van der Waals surface area contributed by atoms with Gasteiger partial charge in [0.25, 0.3) is 0 Å². The van der Waals surface area contributed by atoms with Gasteiger partial charge in [-0.3, -0.25) is 9.20 Å². The van der Waals surface area contributed by atoms with Gasteiger partial charge in [0.1, 0.15) is 17.4 Å². The molecule has 3 aromatic rings. The van der Waals surface area contributed by atoms with Crippen molar-refractivity contribution in [3.05, 3.63) is 58.5 Å². The fourth-order valence-electron chi connectivity index (χ4n) is 1.96. The third-order valence-corrected chi connectivity index (χ3v) is 2.78. The highest BCUT2D eigenvalue weighted by Crippen LogP contribution is 2.19. The number of nitriles is 1. The zero-order valence-electron chi connectivity index (χ0n) is 9.59. The van der Waals surface area contributed by atoms with Crippen molar-refractivity contribution in [1.29, 1.82) is 5.26 Å². The number of rotatable bonds is 1. The zero-order valence-corrected chi connectivity index (χ0v) is 9.59. The third kappa shape index (κ3) is 1.77. The summed E-state index contributed by atoms with van der Waals surface area (Å²) in [7, 11) is 0.